The Morgan fingerprint density at radius 1 is 1.10 bits per heavy atom. The molecule has 1 atom stereocenters. The van der Waals surface area contributed by atoms with E-state index in [1.807, 2.05) is 19.1 Å². The summed E-state index contributed by atoms with van der Waals surface area (Å²) in [5, 5.41) is 8.64. The maximum atomic E-state index is 13.2. The van der Waals surface area contributed by atoms with Gasteiger partial charge < -0.3 is 16.0 Å². The number of allylic oxidation sites excluding steroid dienone is 1. The van der Waals surface area contributed by atoms with Crippen molar-refractivity contribution in [3.8, 4) is 5.82 Å². The maximum Gasteiger partial charge on any atom is 0.417 e. The van der Waals surface area contributed by atoms with E-state index in [9.17, 15) is 18.0 Å². The second-order valence-electron chi connectivity index (χ2n) is 8.81. The third-order valence-electron chi connectivity index (χ3n) is 5.98. The second kappa shape index (κ2) is 11.2. The fourth-order valence-electron chi connectivity index (χ4n) is 3.93. The second-order valence-corrected chi connectivity index (χ2v) is 9.21. The number of carbonyl (C=O) groups is 1. The SMILES string of the molecule is Cc1ccc(NC(=O)c2ccc(Cl)c(C(F)(F)F)c2)cc1Nc1nccn1-c1cc(NC2CC=CC=N2)ncn1. The van der Waals surface area contributed by atoms with Crippen LogP contribution in [-0.4, -0.2) is 37.8 Å². The lowest BCUT2D eigenvalue weighted by atomic mass is 10.1. The number of nitrogens with zero attached hydrogens (tertiary/aromatic N) is 5. The van der Waals surface area contributed by atoms with Gasteiger partial charge in [0.05, 0.1) is 10.6 Å². The van der Waals surface area contributed by atoms with Crippen LogP contribution in [-0.2, 0) is 6.18 Å². The van der Waals surface area contributed by atoms with E-state index in [-0.39, 0.29) is 11.7 Å². The Morgan fingerprint density at radius 2 is 1.95 bits per heavy atom. The molecule has 2 aromatic carbocycles. The first-order valence-electron chi connectivity index (χ1n) is 12.0. The Kier molecular flexibility index (Phi) is 7.52. The lowest BCUT2D eigenvalue weighted by molar-refractivity contribution is -0.137. The smallest absolute Gasteiger partial charge is 0.348 e. The van der Waals surface area contributed by atoms with Crippen LogP contribution in [0.4, 0.5) is 36.3 Å². The molecular formula is C27H22ClF3N8O. The van der Waals surface area contributed by atoms with E-state index in [0.29, 0.717) is 29.0 Å². The number of benzene rings is 2. The largest absolute Gasteiger partial charge is 0.417 e. The topological polar surface area (TPSA) is 109 Å². The molecule has 9 nitrogen and oxygen atoms in total. The van der Waals surface area contributed by atoms with Crippen LogP contribution in [0.2, 0.25) is 5.02 Å². The van der Waals surface area contributed by atoms with Crippen LogP contribution in [0.25, 0.3) is 5.82 Å². The Bertz CT molecular complexity index is 1620. The molecule has 0 saturated carbocycles. The van der Waals surface area contributed by atoms with Crippen LogP contribution in [0.5, 0.6) is 0 Å². The number of hydrogen-bond donors (Lipinski definition) is 3. The number of imidazole rings is 1. The summed E-state index contributed by atoms with van der Waals surface area (Å²) in [6.45, 7) is 1.86. The first kappa shape index (κ1) is 26.9. The highest BCUT2D eigenvalue weighted by Gasteiger charge is 2.33. The number of amides is 1. The molecule has 0 spiro atoms. The number of rotatable bonds is 7. The van der Waals surface area contributed by atoms with Crippen molar-refractivity contribution in [1.29, 1.82) is 0 Å². The number of halogens is 4. The Hall–Kier alpha value is -4.71. The third kappa shape index (κ3) is 6.12. The molecule has 0 aliphatic carbocycles. The number of dihydropyridines is 1. The molecule has 4 aromatic rings. The maximum absolute atomic E-state index is 13.2. The molecule has 0 saturated heterocycles. The predicted octanol–water partition coefficient (Wildman–Crippen LogP) is 6.41. The van der Waals surface area contributed by atoms with Gasteiger partial charge in [-0.3, -0.25) is 14.4 Å². The Balaban J connectivity index is 1.34. The number of hydrogen-bond acceptors (Lipinski definition) is 7. The summed E-state index contributed by atoms with van der Waals surface area (Å²) >= 11 is 5.67. The number of anilines is 4. The summed E-state index contributed by atoms with van der Waals surface area (Å²) in [4.78, 5) is 30.1. The predicted molar refractivity (Wildman–Crippen MR) is 148 cm³/mol. The van der Waals surface area contributed by atoms with Gasteiger partial charge in [-0.2, -0.15) is 13.2 Å². The Morgan fingerprint density at radius 3 is 2.73 bits per heavy atom. The molecule has 0 fully saturated rings. The summed E-state index contributed by atoms with van der Waals surface area (Å²) in [6, 6.07) is 9.86. The standard InChI is InChI=1S/C27H22ClF3N8O/c1-16-5-7-18(36-25(40)17-6-8-20(28)19(12-17)27(29,30)31)13-21(16)37-26-33-10-11-39(26)24-14-23(34-15-35-24)38-22-4-2-3-9-32-22/h2-3,5-15,22H,4H2,1H3,(H,33,37)(H,36,40)(H,34,35,38). The molecule has 0 radical (unpaired) electrons. The zero-order valence-electron chi connectivity index (χ0n) is 20.9. The number of alkyl halides is 3. The van der Waals surface area contributed by atoms with Crippen molar-refractivity contribution in [2.75, 3.05) is 16.0 Å². The van der Waals surface area contributed by atoms with Crippen molar-refractivity contribution in [3.05, 3.63) is 95.1 Å². The van der Waals surface area contributed by atoms with E-state index < -0.39 is 22.7 Å². The summed E-state index contributed by atoms with van der Waals surface area (Å²) < 4.78 is 41.4. The van der Waals surface area contributed by atoms with Crippen molar-refractivity contribution in [2.24, 2.45) is 4.99 Å². The fourth-order valence-corrected chi connectivity index (χ4v) is 4.15. The molecule has 1 aliphatic rings. The Labute approximate surface area is 231 Å². The number of aryl methyl sites for hydroxylation is 1. The van der Waals surface area contributed by atoms with Gasteiger partial charge in [-0.05, 0) is 48.9 Å². The van der Waals surface area contributed by atoms with Gasteiger partial charge >= 0.3 is 6.18 Å². The van der Waals surface area contributed by atoms with Crippen molar-refractivity contribution in [2.45, 2.75) is 25.7 Å². The van der Waals surface area contributed by atoms with Crippen molar-refractivity contribution >= 4 is 46.9 Å². The quantitative estimate of drug-likeness (QED) is 0.239. The van der Waals surface area contributed by atoms with E-state index >= 15 is 0 Å². The molecule has 1 amide bonds. The molecule has 2 aromatic heterocycles. The lowest BCUT2D eigenvalue weighted by Crippen LogP contribution is -2.19. The van der Waals surface area contributed by atoms with Gasteiger partial charge in [-0.15, -0.1) is 0 Å². The average molecular weight is 567 g/mol. The minimum atomic E-state index is -4.68. The van der Waals surface area contributed by atoms with Gasteiger partial charge in [0.2, 0.25) is 5.95 Å². The van der Waals surface area contributed by atoms with E-state index in [1.54, 1.807) is 47.4 Å². The third-order valence-corrected chi connectivity index (χ3v) is 6.31. The summed E-state index contributed by atoms with van der Waals surface area (Å²) in [7, 11) is 0. The molecule has 3 N–H and O–H groups in total. The van der Waals surface area contributed by atoms with Crippen LogP contribution in [0.1, 0.15) is 27.9 Å². The molecule has 204 valence electrons. The van der Waals surface area contributed by atoms with Gasteiger partial charge in [0, 0.05) is 48.0 Å². The van der Waals surface area contributed by atoms with Crippen molar-refractivity contribution < 1.29 is 18.0 Å². The molecule has 13 heteroatoms. The highest BCUT2D eigenvalue weighted by atomic mass is 35.5. The highest BCUT2D eigenvalue weighted by Crippen LogP contribution is 2.35. The molecule has 1 unspecified atom stereocenters. The van der Waals surface area contributed by atoms with Gasteiger partial charge in [0.15, 0.2) is 0 Å². The molecule has 1 aliphatic heterocycles. The lowest BCUT2D eigenvalue weighted by Gasteiger charge is -2.16. The zero-order valence-corrected chi connectivity index (χ0v) is 21.7. The minimum Gasteiger partial charge on any atom is -0.348 e. The molecule has 3 heterocycles. The van der Waals surface area contributed by atoms with E-state index in [1.165, 1.54) is 12.4 Å². The molecule has 0 bridgehead atoms. The number of aromatic nitrogens is 4. The van der Waals surface area contributed by atoms with Crippen LogP contribution in [0.3, 0.4) is 0 Å². The first-order valence-corrected chi connectivity index (χ1v) is 12.4. The monoisotopic (exact) mass is 566 g/mol. The number of carbonyl (C=O) groups excluding carboxylic acids is 1. The molecular weight excluding hydrogens is 545 g/mol. The average Bonchev–Trinajstić information content (AvgIpc) is 3.39. The number of aliphatic imine (C=N–C) groups is 1. The minimum absolute atomic E-state index is 0.123. The normalized spacial score (nSPS) is 14.7. The van der Waals surface area contributed by atoms with Crippen LogP contribution >= 0.6 is 11.6 Å². The van der Waals surface area contributed by atoms with Gasteiger partial charge in [0.25, 0.3) is 5.91 Å². The molecule has 40 heavy (non-hydrogen) atoms. The van der Waals surface area contributed by atoms with Gasteiger partial charge in [-0.1, -0.05) is 23.7 Å². The summed E-state index contributed by atoms with van der Waals surface area (Å²) in [5.74, 6) is 0.886. The zero-order chi connectivity index (χ0) is 28.3. The van der Waals surface area contributed by atoms with Gasteiger partial charge in [0.1, 0.15) is 24.1 Å². The van der Waals surface area contributed by atoms with E-state index in [2.05, 4.69) is 35.9 Å². The van der Waals surface area contributed by atoms with Gasteiger partial charge in [-0.25, -0.2) is 15.0 Å². The number of nitrogens with one attached hydrogen (secondary N) is 3. The van der Waals surface area contributed by atoms with Crippen LogP contribution < -0.4 is 16.0 Å². The summed E-state index contributed by atoms with van der Waals surface area (Å²) in [5.41, 5.74) is 0.576. The van der Waals surface area contributed by atoms with Crippen LogP contribution in [0.15, 0.2) is 78.3 Å². The van der Waals surface area contributed by atoms with Crippen LogP contribution in [0, 0.1) is 6.92 Å². The highest BCUT2D eigenvalue weighted by molar-refractivity contribution is 6.31. The fraction of sp³-hybridized carbons (Fsp3) is 0.148. The molecule has 5 rings (SSSR count). The van der Waals surface area contributed by atoms with E-state index in [0.717, 1.165) is 24.1 Å². The summed E-state index contributed by atoms with van der Waals surface area (Å²) in [6.07, 6.45) is 6.33. The van der Waals surface area contributed by atoms with E-state index in [4.69, 9.17) is 11.6 Å². The van der Waals surface area contributed by atoms with Crippen molar-refractivity contribution in [3.63, 3.8) is 0 Å². The first-order chi connectivity index (χ1) is 19.2. The van der Waals surface area contributed by atoms with Crippen molar-refractivity contribution in [1.82, 2.24) is 19.5 Å².